The Morgan fingerprint density at radius 3 is 0.813 bits per heavy atom. The summed E-state index contributed by atoms with van der Waals surface area (Å²) in [5, 5.41) is 0. The standard InChI is InChI=1S/C69H102O6/c1-4-7-10-13-16-19-22-25-28-30-32-33-34-35-37-38-41-44-47-50-53-56-59-62-68(71)74-65-66(64-73-67(70)61-58-55-52-49-46-43-40-27-24-21-18-15-12-9-6-3)75-69(72)63-60-57-54-51-48-45-42-39-36-31-29-26-23-20-17-14-11-8-5-2/h7-12,16-21,25-29,32-33,35-37,39-41,44-46,48-49,54,57,66H,4-6,13-15,22-24,30-31,34,38,42-43,47,50-53,55-56,58-65H2,1-3H3/b10-7-,11-8-,12-9-,19-16-,20-17-,21-18-,28-25-,29-26-,33-32-,37-35-,39-36-,40-27-,44-41-,48-45-,49-46-,57-54-. The normalized spacial score (nSPS) is 13.6. The van der Waals surface area contributed by atoms with Crippen molar-refractivity contribution >= 4 is 17.9 Å². The van der Waals surface area contributed by atoms with Gasteiger partial charge in [0, 0.05) is 19.3 Å². The van der Waals surface area contributed by atoms with E-state index in [-0.39, 0.29) is 38.0 Å². The number of carbonyl (C=O) groups is 3. The van der Waals surface area contributed by atoms with Gasteiger partial charge in [-0.3, -0.25) is 14.4 Å². The summed E-state index contributed by atoms with van der Waals surface area (Å²) < 4.78 is 16.7. The lowest BCUT2D eigenvalue weighted by Crippen LogP contribution is -2.30. The number of esters is 3. The zero-order chi connectivity index (χ0) is 54.3. The molecule has 0 aliphatic rings. The highest BCUT2D eigenvalue weighted by molar-refractivity contribution is 5.71. The summed E-state index contributed by atoms with van der Waals surface area (Å²) in [6.07, 6.45) is 92.9. The van der Waals surface area contributed by atoms with E-state index < -0.39 is 12.1 Å². The fourth-order valence-corrected chi connectivity index (χ4v) is 6.87. The summed E-state index contributed by atoms with van der Waals surface area (Å²) in [6.45, 7) is 6.15. The predicted octanol–water partition coefficient (Wildman–Crippen LogP) is 19.9. The lowest BCUT2D eigenvalue weighted by Gasteiger charge is -2.18. The van der Waals surface area contributed by atoms with E-state index in [1.54, 1.807) is 0 Å². The first-order chi connectivity index (χ1) is 37.0. The van der Waals surface area contributed by atoms with Gasteiger partial charge in [0.25, 0.3) is 0 Å². The van der Waals surface area contributed by atoms with E-state index >= 15 is 0 Å². The van der Waals surface area contributed by atoms with Gasteiger partial charge in [0.15, 0.2) is 6.10 Å². The van der Waals surface area contributed by atoms with Gasteiger partial charge in [0.1, 0.15) is 13.2 Å². The van der Waals surface area contributed by atoms with Crippen molar-refractivity contribution in [3.8, 4) is 0 Å². The Kier molecular flexibility index (Phi) is 56.1. The molecule has 75 heavy (non-hydrogen) atoms. The van der Waals surface area contributed by atoms with Crippen molar-refractivity contribution in [2.75, 3.05) is 13.2 Å². The second-order valence-corrected chi connectivity index (χ2v) is 18.0. The summed E-state index contributed by atoms with van der Waals surface area (Å²) in [5.41, 5.74) is 0. The zero-order valence-electron chi connectivity index (χ0n) is 47.2. The van der Waals surface area contributed by atoms with Crippen LogP contribution in [0.2, 0.25) is 0 Å². The monoisotopic (exact) mass is 1030 g/mol. The van der Waals surface area contributed by atoms with Crippen molar-refractivity contribution < 1.29 is 28.6 Å². The molecule has 6 heteroatoms. The summed E-state index contributed by atoms with van der Waals surface area (Å²) >= 11 is 0. The molecule has 0 aliphatic carbocycles. The minimum atomic E-state index is -0.860. The molecule has 0 aromatic rings. The van der Waals surface area contributed by atoms with Crippen molar-refractivity contribution in [2.45, 2.75) is 207 Å². The quantitative estimate of drug-likeness (QED) is 0.0261. The van der Waals surface area contributed by atoms with Crippen LogP contribution in [0.15, 0.2) is 194 Å². The number of ether oxygens (including phenoxy) is 3. The lowest BCUT2D eigenvalue weighted by atomic mass is 10.1. The molecule has 0 spiro atoms. The molecular formula is C69H102O6. The van der Waals surface area contributed by atoms with Crippen LogP contribution in [0.3, 0.4) is 0 Å². The third kappa shape index (κ3) is 59.0. The third-order valence-corrected chi connectivity index (χ3v) is 11.1. The molecule has 1 atom stereocenters. The first-order valence-electron chi connectivity index (χ1n) is 28.9. The van der Waals surface area contributed by atoms with Gasteiger partial charge in [-0.05, 0) is 148 Å². The number of carbonyl (C=O) groups excluding carboxylic acids is 3. The molecule has 0 aliphatic heterocycles. The summed E-state index contributed by atoms with van der Waals surface area (Å²) in [6, 6.07) is 0. The van der Waals surface area contributed by atoms with Gasteiger partial charge in [-0.2, -0.15) is 0 Å². The van der Waals surface area contributed by atoms with Gasteiger partial charge in [0.2, 0.25) is 0 Å². The van der Waals surface area contributed by atoms with Crippen molar-refractivity contribution in [3.05, 3.63) is 194 Å². The molecule has 0 fully saturated rings. The maximum atomic E-state index is 12.8. The van der Waals surface area contributed by atoms with Crippen LogP contribution in [0.4, 0.5) is 0 Å². The Bertz CT molecular complexity index is 1850. The molecule has 0 aromatic carbocycles. The zero-order valence-corrected chi connectivity index (χ0v) is 47.2. The maximum Gasteiger partial charge on any atom is 0.306 e. The van der Waals surface area contributed by atoms with E-state index in [9.17, 15) is 14.4 Å². The van der Waals surface area contributed by atoms with Crippen molar-refractivity contribution in [1.29, 1.82) is 0 Å². The largest absolute Gasteiger partial charge is 0.462 e. The summed E-state index contributed by atoms with van der Waals surface area (Å²) in [7, 11) is 0. The lowest BCUT2D eigenvalue weighted by molar-refractivity contribution is -0.166. The second-order valence-electron chi connectivity index (χ2n) is 18.0. The summed E-state index contributed by atoms with van der Waals surface area (Å²) in [4.78, 5) is 38.2. The number of allylic oxidation sites excluding steroid dienone is 32. The molecule has 0 N–H and O–H groups in total. The first-order valence-corrected chi connectivity index (χ1v) is 28.9. The molecule has 0 heterocycles. The summed E-state index contributed by atoms with van der Waals surface area (Å²) in [5.74, 6) is -1.11. The van der Waals surface area contributed by atoms with E-state index in [0.29, 0.717) is 19.3 Å². The topological polar surface area (TPSA) is 78.9 Å². The number of rotatable bonds is 49. The fraction of sp³-hybridized carbons (Fsp3) is 0.493. The first kappa shape index (κ1) is 69.2. The number of unbranched alkanes of at least 4 members (excludes halogenated alkanes) is 6. The highest BCUT2D eigenvalue weighted by Crippen LogP contribution is 2.10. The molecule has 0 aromatic heterocycles. The van der Waals surface area contributed by atoms with Crippen LogP contribution >= 0.6 is 0 Å². The van der Waals surface area contributed by atoms with E-state index in [4.69, 9.17) is 14.2 Å². The molecule has 0 bridgehead atoms. The Morgan fingerprint density at radius 2 is 0.507 bits per heavy atom. The molecule has 0 rings (SSSR count). The molecule has 414 valence electrons. The van der Waals surface area contributed by atoms with Gasteiger partial charge in [-0.25, -0.2) is 0 Å². The minimum absolute atomic E-state index is 0.147. The van der Waals surface area contributed by atoms with Crippen LogP contribution in [0.1, 0.15) is 201 Å². The van der Waals surface area contributed by atoms with E-state index in [1.807, 2.05) is 12.2 Å². The van der Waals surface area contributed by atoms with Crippen LogP contribution in [0.5, 0.6) is 0 Å². The molecule has 0 saturated heterocycles. The third-order valence-electron chi connectivity index (χ3n) is 11.1. The Morgan fingerprint density at radius 1 is 0.267 bits per heavy atom. The molecule has 0 saturated carbocycles. The van der Waals surface area contributed by atoms with Crippen LogP contribution in [-0.4, -0.2) is 37.2 Å². The predicted molar refractivity (Wildman–Crippen MR) is 324 cm³/mol. The highest BCUT2D eigenvalue weighted by atomic mass is 16.6. The van der Waals surface area contributed by atoms with Crippen molar-refractivity contribution in [2.24, 2.45) is 0 Å². The Labute approximate surface area is 458 Å². The van der Waals surface area contributed by atoms with E-state index in [0.717, 1.165) is 148 Å². The Hall–Kier alpha value is -5.75. The molecule has 0 amide bonds. The maximum absolute atomic E-state index is 12.8. The average Bonchev–Trinajstić information content (AvgIpc) is 3.41. The second kappa shape index (κ2) is 60.8. The van der Waals surface area contributed by atoms with E-state index in [1.165, 1.54) is 0 Å². The van der Waals surface area contributed by atoms with Gasteiger partial charge >= 0.3 is 17.9 Å². The SMILES string of the molecule is CC/C=C\C/C=C\C/C=C\C/C=C\C/C=C\C/C=C\CCCCCCC(=O)OCC(COC(=O)CCCC/C=C\C/C=C\C/C=C\C/C=C\CC)OC(=O)CC/C=C\C/C=C\C/C=C\C/C=C\C/C=C\C/C=C\CC. The fourth-order valence-electron chi connectivity index (χ4n) is 6.87. The Balaban J connectivity index is 4.64. The number of hydrogen-bond donors (Lipinski definition) is 0. The van der Waals surface area contributed by atoms with Gasteiger partial charge in [-0.15, -0.1) is 0 Å². The van der Waals surface area contributed by atoms with Gasteiger partial charge in [-0.1, -0.05) is 228 Å². The average molecular weight is 1030 g/mol. The molecule has 1 unspecified atom stereocenters. The molecule has 6 nitrogen and oxygen atoms in total. The molecular weight excluding hydrogens is 925 g/mol. The molecule has 0 radical (unpaired) electrons. The van der Waals surface area contributed by atoms with Crippen LogP contribution in [0.25, 0.3) is 0 Å². The van der Waals surface area contributed by atoms with Crippen molar-refractivity contribution in [3.63, 3.8) is 0 Å². The smallest absolute Gasteiger partial charge is 0.306 e. The van der Waals surface area contributed by atoms with E-state index in [2.05, 4.69) is 203 Å². The van der Waals surface area contributed by atoms with Gasteiger partial charge < -0.3 is 14.2 Å². The van der Waals surface area contributed by atoms with Crippen LogP contribution in [0, 0.1) is 0 Å². The minimum Gasteiger partial charge on any atom is -0.462 e. The van der Waals surface area contributed by atoms with Crippen LogP contribution in [-0.2, 0) is 28.6 Å². The van der Waals surface area contributed by atoms with Gasteiger partial charge in [0.05, 0.1) is 0 Å². The van der Waals surface area contributed by atoms with Crippen LogP contribution < -0.4 is 0 Å². The highest BCUT2D eigenvalue weighted by Gasteiger charge is 2.19. The van der Waals surface area contributed by atoms with Crippen molar-refractivity contribution in [1.82, 2.24) is 0 Å². The number of hydrogen-bond acceptors (Lipinski definition) is 6.